The molecule has 0 amide bonds. The Morgan fingerprint density at radius 2 is 1.94 bits per heavy atom. The van der Waals surface area contributed by atoms with Gasteiger partial charge in [0.05, 0.1) is 6.67 Å². The van der Waals surface area contributed by atoms with E-state index in [4.69, 9.17) is 0 Å². The number of nitrogens with one attached hydrogen (secondary N) is 2. The van der Waals surface area contributed by atoms with E-state index >= 15 is 0 Å². The van der Waals surface area contributed by atoms with Crippen LogP contribution < -0.4 is 10.6 Å². The van der Waals surface area contributed by atoms with Crippen LogP contribution in [0.1, 0.15) is 45.4 Å². The molecule has 0 heterocycles. The number of guanidine groups is 1. The molecule has 2 N–H and O–H groups in total. The minimum Gasteiger partial charge on any atom is -0.356 e. The summed E-state index contributed by atoms with van der Waals surface area (Å²) in [5.74, 6) is 0.804. The second kappa shape index (κ2) is 9.81. The van der Waals surface area contributed by atoms with Gasteiger partial charge in [-0.3, -0.25) is 9.38 Å². The summed E-state index contributed by atoms with van der Waals surface area (Å²) in [5.41, 5.74) is 0.456. The molecule has 1 aliphatic carbocycles. The molecule has 0 saturated heterocycles. The Labute approximate surface area is 127 Å². The summed E-state index contributed by atoms with van der Waals surface area (Å²) in [6, 6.07) is 0. The third-order valence-corrected chi connectivity index (χ3v) is 3.87. The third kappa shape index (κ3) is 5.71. The predicted octanol–water partition coefficient (Wildman–Crippen LogP) is 3.10. The van der Waals surface area contributed by atoms with E-state index in [0.29, 0.717) is 18.4 Å². The summed E-state index contributed by atoms with van der Waals surface area (Å²) in [6.45, 7) is 3.63. The predicted molar refractivity (Wildman–Crippen MR) is 86.6 cm³/mol. The average molecular weight is 371 g/mol. The summed E-state index contributed by atoms with van der Waals surface area (Å²) in [6.07, 6.45) is 7.10. The van der Waals surface area contributed by atoms with Crippen molar-refractivity contribution in [3.05, 3.63) is 0 Å². The molecule has 1 fully saturated rings. The van der Waals surface area contributed by atoms with Crippen LogP contribution in [0.3, 0.4) is 0 Å². The smallest absolute Gasteiger partial charge is 0.190 e. The van der Waals surface area contributed by atoms with Gasteiger partial charge in [-0.25, -0.2) is 0 Å². The van der Waals surface area contributed by atoms with Crippen LogP contribution in [-0.2, 0) is 0 Å². The number of nitrogens with zero attached hydrogens (tertiary/aromatic N) is 1. The lowest BCUT2D eigenvalue weighted by molar-refractivity contribution is 0.283. The Balaban J connectivity index is 0.00000289. The zero-order valence-electron chi connectivity index (χ0n) is 11.6. The number of alkyl halides is 1. The monoisotopic (exact) mass is 371 g/mol. The normalized spacial score (nSPS) is 18.3. The third-order valence-electron chi connectivity index (χ3n) is 3.87. The average Bonchev–Trinajstić information content (AvgIpc) is 2.83. The van der Waals surface area contributed by atoms with Gasteiger partial charge in [-0.1, -0.05) is 19.8 Å². The fraction of sp³-hybridized carbons (Fsp3) is 0.923. The lowest BCUT2D eigenvalue weighted by atomic mass is 9.83. The van der Waals surface area contributed by atoms with Crippen LogP contribution in [0.4, 0.5) is 4.39 Å². The highest BCUT2D eigenvalue weighted by molar-refractivity contribution is 14.0. The number of hydrogen-bond donors (Lipinski definition) is 2. The molecular weight excluding hydrogens is 344 g/mol. The Bertz CT molecular complexity index is 240. The number of hydrogen-bond acceptors (Lipinski definition) is 1. The van der Waals surface area contributed by atoms with Crippen molar-refractivity contribution in [2.45, 2.75) is 45.4 Å². The Kier molecular flexibility index (Phi) is 9.77. The first-order valence-corrected chi connectivity index (χ1v) is 6.77. The van der Waals surface area contributed by atoms with Crippen molar-refractivity contribution >= 4 is 29.9 Å². The highest BCUT2D eigenvalue weighted by Crippen LogP contribution is 2.40. The SMILES string of the molecule is CCC1(CNC(=NC)NCCCF)CCCC1.I. The molecule has 0 radical (unpaired) electrons. The van der Waals surface area contributed by atoms with Gasteiger partial charge in [-0.05, 0) is 31.1 Å². The topological polar surface area (TPSA) is 36.4 Å². The molecule has 0 aromatic carbocycles. The molecule has 0 atom stereocenters. The van der Waals surface area contributed by atoms with Crippen molar-refractivity contribution in [2.24, 2.45) is 10.4 Å². The van der Waals surface area contributed by atoms with Gasteiger partial charge in [-0.15, -0.1) is 24.0 Å². The molecule has 108 valence electrons. The van der Waals surface area contributed by atoms with Crippen molar-refractivity contribution in [2.75, 3.05) is 26.8 Å². The molecule has 0 aromatic rings. The van der Waals surface area contributed by atoms with Gasteiger partial charge in [-0.2, -0.15) is 0 Å². The molecule has 1 saturated carbocycles. The van der Waals surface area contributed by atoms with E-state index in [1.165, 1.54) is 32.1 Å². The number of halogens is 2. The zero-order valence-corrected chi connectivity index (χ0v) is 13.9. The van der Waals surface area contributed by atoms with E-state index in [1.54, 1.807) is 7.05 Å². The van der Waals surface area contributed by atoms with E-state index < -0.39 is 0 Å². The molecule has 0 spiro atoms. The summed E-state index contributed by atoms with van der Waals surface area (Å²) < 4.78 is 12.0. The molecular formula is C13H27FIN3. The molecule has 1 aliphatic rings. The van der Waals surface area contributed by atoms with Gasteiger partial charge < -0.3 is 10.6 Å². The largest absolute Gasteiger partial charge is 0.356 e. The first-order valence-electron chi connectivity index (χ1n) is 6.77. The van der Waals surface area contributed by atoms with Gasteiger partial charge in [0, 0.05) is 20.1 Å². The fourth-order valence-corrected chi connectivity index (χ4v) is 2.55. The van der Waals surface area contributed by atoms with Crippen LogP contribution in [0.5, 0.6) is 0 Å². The van der Waals surface area contributed by atoms with E-state index in [0.717, 1.165) is 12.5 Å². The Morgan fingerprint density at radius 3 is 2.44 bits per heavy atom. The van der Waals surface area contributed by atoms with Gasteiger partial charge in [0.15, 0.2) is 5.96 Å². The maximum absolute atomic E-state index is 12.0. The zero-order chi connectivity index (χ0) is 12.6. The fourth-order valence-electron chi connectivity index (χ4n) is 2.55. The molecule has 0 aliphatic heterocycles. The first kappa shape index (κ1) is 17.9. The molecule has 0 unspecified atom stereocenters. The minimum absolute atomic E-state index is 0. The highest BCUT2D eigenvalue weighted by Gasteiger charge is 2.31. The minimum atomic E-state index is -0.275. The highest BCUT2D eigenvalue weighted by atomic mass is 127. The lowest BCUT2D eigenvalue weighted by Gasteiger charge is -2.28. The van der Waals surface area contributed by atoms with E-state index in [2.05, 4.69) is 22.5 Å². The van der Waals surface area contributed by atoms with Gasteiger partial charge in [0.25, 0.3) is 0 Å². The van der Waals surface area contributed by atoms with Crippen molar-refractivity contribution < 1.29 is 4.39 Å². The molecule has 0 bridgehead atoms. The summed E-state index contributed by atoms with van der Waals surface area (Å²) >= 11 is 0. The van der Waals surface area contributed by atoms with Gasteiger partial charge in [0.1, 0.15) is 0 Å². The summed E-state index contributed by atoms with van der Waals surface area (Å²) in [5, 5.41) is 6.51. The van der Waals surface area contributed by atoms with Crippen molar-refractivity contribution in [1.82, 2.24) is 10.6 Å². The molecule has 18 heavy (non-hydrogen) atoms. The van der Waals surface area contributed by atoms with Crippen LogP contribution >= 0.6 is 24.0 Å². The summed E-state index contributed by atoms with van der Waals surface area (Å²) in [7, 11) is 1.76. The lowest BCUT2D eigenvalue weighted by Crippen LogP contribution is -2.43. The van der Waals surface area contributed by atoms with Crippen molar-refractivity contribution in [3.8, 4) is 0 Å². The van der Waals surface area contributed by atoms with E-state index in [9.17, 15) is 4.39 Å². The van der Waals surface area contributed by atoms with Gasteiger partial charge >= 0.3 is 0 Å². The van der Waals surface area contributed by atoms with E-state index in [1.807, 2.05) is 0 Å². The standard InChI is InChI=1S/C13H26FN3.HI/c1-3-13(7-4-5-8-13)11-17-12(15-2)16-10-6-9-14;/h3-11H2,1-2H3,(H2,15,16,17);1H. The number of rotatable bonds is 6. The van der Waals surface area contributed by atoms with Crippen molar-refractivity contribution in [3.63, 3.8) is 0 Å². The van der Waals surface area contributed by atoms with Crippen LogP contribution in [0.15, 0.2) is 4.99 Å². The molecule has 5 heteroatoms. The second-order valence-electron chi connectivity index (χ2n) is 4.96. The van der Waals surface area contributed by atoms with E-state index in [-0.39, 0.29) is 30.7 Å². The van der Waals surface area contributed by atoms with Crippen LogP contribution in [-0.4, -0.2) is 32.8 Å². The summed E-state index contributed by atoms with van der Waals surface area (Å²) in [4.78, 5) is 4.16. The van der Waals surface area contributed by atoms with Crippen molar-refractivity contribution in [1.29, 1.82) is 0 Å². The van der Waals surface area contributed by atoms with Crippen LogP contribution in [0.2, 0.25) is 0 Å². The maximum Gasteiger partial charge on any atom is 0.190 e. The Morgan fingerprint density at radius 1 is 1.28 bits per heavy atom. The second-order valence-corrected chi connectivity index (χ2v) is 4.96. The van der Waals surface area contributed by atoms with Crippen LogP contribution in [0, 0.1) is 5.41 Å². The molecule has 3 nitrogen and oxygen atoms in total. The quantitative estimate of drug-likeness (QED) is 0.326. The first-order chi connectivity index (χ1) is 8.26. The molecule has 0 aromatic heterocycles. The van der Waals surface area contributed by atoms with Crippen LogP contribution in [0.25, 0.3) is 0 Å². The molecule has 1 rings (SSSR count). The number of aliphatic imine (C=N–C) groups is 1. The van der Waals surface area contributed by atoms with Gasteiger partial charge in [0.2, 0.25) is 0 Å². The maximum atomic E-state index is 12.0. The Hall–Kier alpha value is -0.0700.